The number of carboxylic acid groups (broad SMARTS) is 1. The molecular weight excluding hydrogens is 525 g/mol. The SMILES string of the molecule is O=C(O)C(F)(F)F.O=S1(=O)c2ccccc2O[C@H]2CCN(c3ncccn3)CC[C@@H]2N1Cc1ccccc1. The number of carboxylic acids is 1. The predicted molar refractivity (Wildman–Crippen MR) is 131 cm³/mol. The number of fused-ring (bicyclic) bond motifs is 2. The van der Waals surface area contributed by atoms with Crippen molar-refractivity contribution in [2.45, 2.75) is 42.6 Å². The summed E-state index contributed by atoms with van der Waals surface area (Å²) in [6.45, 7) is 1.67. The number of hydrogen-bond acceptors (Lipinski definition) is 7. The topological polar surface area (TPSA) is 113 Å². The first-order valence-corrected chi connectivity index (χ1v) is 13.1. The number of anilines is 1. The van der Waals surface area contributed by atoms with Crippen molar-refractivity contribution < 1.29 is 36.2 Å². The van der Waals surface area contributed by atoms with Crippen LogP contribution in [0.2, 0.25) is 0 Å². The zero-order valence-electron chi connectivity index (χ0n) is 20.0. The van der Waals surface area contributed by atoms with Gasteiger partial charge in [0.15, 0.2) is 0 Å². The molecule has 2 aliphatic rings. The number of sulfonamides is 1. The molecule has 3 aromatic rings. The smallest absolute Gasteiger partial charge is 0.487 e. The first kappa shape index (κ1) is 27.3. The van der Waals surface area contributed by atoms with E-state index in [1.54, 1.807) is 41.0 Å². The van der Waals surface area contributed by atoms with Gasteiger partial charge in [-0.25, -0.2) is 23.2 Å². The highest BCUT2D eigenvalue weighted by atomic mass is 32.2. The Balaban J connectivity index is 0.000000426. The van der Waals surface area contributed by atoms with Gasteiger partial charge in [-0.1, -0.05) is 42.5 Å². The molecule has 2 aliphatic heterocycles. The van der Waals surface area contributed by atoms with Gasteiger partial charge >= 0.3 is 12.1 Å². The number of aromatic nitrogens is 2. The van der Waals surface area contributed by atoms with E-state index in [0.29, 0.717) is 44.2 Å². The predicted octanol–water partition coefficient (Wildman–Crippen LogP) is 3.73. The summed E-state index contributed by atoms with van der Waals surface area (Å²) in [7, 11) is -3.73. The first-order valence-electron chi connectivity index (χ1n) is 11.7. The molecule has 1 saturated heterocycles. The fraction of sp³-hybridized carbons (Fsp3) is 0.320. The summed E-state index contributed by atoms with van der Waals surface area (Å²) >= 11 is 0. The Morgan fingerprint density at radius 1 is 0.974 bits per heavy atom. The third-order valence-corrected chi connectivity index (χ3v) is 8.06. The van der Waals surface area contributed by atoms with E-state index in [0.717, 1.165) is 5.56 Å². The Kier molecular flexibility index (Phi) is 8.17. The zero-order chi connectivity index (χ0) is 27.3. The Labute approximate surface area is 217 Å². The summed E-state index contributed by atoms with van der Waals surface area (Å²) in [6, 6.07) is 18.2. The number of carbonyl (C=O) groups is 1. The molecule has 3 heterocycles. The largest absolute Gasteiger partial charge is 0.490 e. The van der Waals surface area contributed by atoms with Crippen molar-refractivity contribution in [1.29, 1.82) is 0 Å². The van der Waals surface area contributed by atoms with E-state index in [-0.39, 0.29) is 17.0 Å². The summed E-state index contributed by atoms with van der Waals surface area (Å²) < 4.78 is 67.2. The highest BCUT2D eigenvalue weighted by molar-refractivity contribution is 7.89. The van der Waals surface area contributed by atoms with E-state index in [4.69, 9.17) is 14.6 Å². The van der Waals surface area contributed by atoms with Crippen LogP contribution in [0.15, 0.2) is 78.0 Å². The number of nitrogens with zero attached hydrogens (tertiary/aromatic N) is 4. The molecule has 0 amide bonds. The van der Waals surface area contributed by atoms with E-state index < -0.39 is 22.2 Å². The summed E-state index contributed by atoms with van der Waals surface area (Å²) in [4.78, 5) is 20.0. The second-order valence-corrected chi connectivity index (χ2v) is 10.5. The molecule has 38 heavy (non-hydrogen) atoms. The van der Waals surface area contributed by atoms with Crippen LogP contribution in [0.5, 0.6) is 5.75 Å². The number of ether oxygens (including phenoxy) is 1. The van der Waals surface area contributed by atoms with Gasteiger partial charge in [-0.2, -0.15) is 17.5 Å². The Morgan fingerprint density at radius 3 is 2.24 bits per heavy atom. The van der Waals surface area contributed by atoms with Crippen LogP contribution in [0.4, 0.5) is 19.1 Å². The molecule has 0 unspecified atom stereocenters. The van der Waals surface area contributed by atoms with Crippen LogP contribution in [-0.4, -0.2) is 65.2 Å². The molecule has 0 radical (unpaired) electrons. The van der Waals surface area contributed by atoms with E-state index in [1.165, 1.54) is 0 Å². The third-order valence-electron chi connectivity index (χ3n) is 6.15. The second-order valence-electron chi connectivity index (χ2n) is 8.62. The summed E-state index contributed by atoms with van der Waals surface area (Å²) in [6.07, 6.45) is -0.578. The van der Waals surface area contributed by atoms with Gasteiger partial charge in [0.25, 0.3) is 0 Å². The van der Waals surface area contributed by atoms with Crippen LogP contribution < -0.4 is 9.64 Å². The summed E-state index contributed by atoms with van der Waals surface area (Å²) in [5.41, 5.74) is 0.955. The monoisotopic (exact) mass is 550 g/mol. The summed E-state index contributed by atoms with van der Waals surface area (Å²) in [5.74, 6) is -1.67. The van der Waals surface area contributed by atoms with Crippen molar-refractivity contribution in [3.05, 3.63) is 78.6 Å². The number of rotatable bonds is 3. The maximum Gasteiger partial charge on any atom is 0.490 e. The lowest BCUT2D eigenvalue weighted by Crippen LogP contribution is -2.46. The van der Waals surface area contributed by atoms with Gasteiger partial charge in [0.1, 0.15) is 16.7 Å². The molecule has 202 valence electrons. The van der Waals surface area contributed by atoms with Crippen LogP contribution in [0.1, 0.15) is 18.4 Å². The Morgan fingerprint density at radius 2 is 1.58 bits per heavy atom. The lowest BCUT2D eigenvalue weighted by atomic mass is 10.1. The normalized spacial score (nSPS) is 20.9. The van der Waals surface area contributed by atoms with E-state index in [9.17, 15) is 21.6 Å². The van der Waals surface area contributed by atoms with Crippen molar-refractivity contribution in [3.63, 3.8) is 0 Å². The van der Waals surface area contributed by atoms with Crippen LogP contribution in [0.3, 0.4) is 0 Å². The fourth-order valence-corrected chi connectivity index (χ4v) is 6.17. The molecule has 1 N–H and O–H groups in total. The van der Waals surface area contributed by atoms with Gasteiger partial charge < -0.3 is 14.7 Å². The van der Waals surface area contributed by atoms with Gasteiger partial charge in [-0.15, -0.1) is 0 Å². The van der Waals surface area contributed by atoms with Crippen molar-refractivity contribution >= 4 is 21.9 Å². The zero-order valence-corrected chi connectivity index (χ0v) is 20.8. The standard InChI is InChI=1S/C23H24N4O3S.C2HF3O2/c28-31(29)22-10-5-4-9-21(22)30-20-12-16-26(23-24-13-6-14-25-23)15-11-19(20)27(31)17-18-7-2-1-3-8-18;3-2(4,5)1(6)7/h1-10,13-14,19-20H,11-12,15-17H2;(H,6,7)/t19-,20-;/m0./s1. The number of alkyl halides is 3. The van der Waals surface area contributed by atoms with Crippen molar-refractivity contribution in [3.8, 4) is 5.75 Å². The van der Waals surface area contributed by atoms with Crippen molar-refractivity contribution in [2.75, 3.05) is 18.0 Å². The fourth-order valence-electron chi connectivity index (χ4n) is 4.38. The quantitative estimate of drug-likeness (QED) is 0.525. The van der Waals surface area contributed by atoms with E-state index in [2.05, 4.69) is 14.9 Å². The number of benzene rings is 2. The molecule has 0 aliphatic carbocycles. The molecule has 1 aromatic heterocycles. The molecule has 2 aromatic carbocycles. The van der Waals surface area contributed by atoms with Gasteiger partial charge in [0.2, 0.25) is 16.0 Å². The third kappa shape index (κ3) is 6.22. The maximum absolute atomic E-state index is 13.8. The van der Waals surface area contributed by atoms with Gasteiger partial charge in [-0.3, -0.25) is 0 Å². The number of aliphatic carboxylic acids is 1. The highest BCUT2D eigenvalue weighted by Gasteiger charge is 2.43. The number of para-hydroxylation sites is 1. The Bertz CT molecular complexity index is 1340. The molecule has 0 spiro atoms. The summed E-state index contributed by atoms with van der Waals surface area (Å²) in [5, 5.41) is 7.12. The lowest BCUT2D eigenvalue weighted by molar-refractivity contribution is -0.192. The first-order chi connectivity index (χ1) is 18.1. The minimum atomic E-state index is -5.08. The highest BCUT2D eigenvalue weighted by Crippen LogP contribution is 2.37. The molecule has 0 bridgehead atoms. The van der Waals surface area contributed by atoms with E-state index in [1.807, 2.05) is 36.4 Å². The van der Waals surface area contributed by atoms with Crippen LogP contribution in [0, 0.1) is 0 Å². The average molecular weight is 551 g/mol. The Hall–Kier alpha value is -3.71. The average Bonchev–Trinajstić information content (AvgIpc) is 3.15. The molecular formula is C25H25F3N4O5S. The van der Waals surface area contributed by atoms with Gasteiger partial charge in [-0.05, 0) is 30.2 Å². The number of halogens is 3. The molecule has 9 nitrogen and oxygen atoms in total. The van der Waals surface area contributed by atoms with E-state index >= 15 is 0 Å². The lowest BCUT2D eigenvalue weighted by Gasteiger charge is -2.31. The molecule has 1 fully saturated rings. The number of hydrogen-bond donors (Lipinski definition) is 1. The maximum atomic E-state index is 13.8. The van der Waals surface area contributed by atoms with Gasteiger partial charge in [0.05, 0.1) is 6.04 Å². The minimum Gasteiger partial charge on any atom is -0.487 e. The van der Waals surface area contributed by atoms with Crippen molar-refractivity contribution in [2.24, 2.45) is 0 Å². The second kappa shape index (κ2) is 11.4. The van der Waals surface area contributed by atoms with Gasteiger partial charge in [0, 0.05) is 38.4 Å². The van der Waals surface area contributed by atoms with Crippen molar-refractivity contribution in [1.82, 2.24) is 14.3 Å². The van der Waals surface area contributed by atoms with Crippen LogP contribution in [0.25, 0.3) is 0 Å². The molecule has 0 saturated carbocycles. The van der Waals surface area contributed by atoms with Crippen LogP contribution >= 0.6 is 0 Å². The molecule has 2 atom stereocenters. The molecule has 13 heteroatoms. The molecule has 5 rings (SSSR count). The van der Waals surface area contributed by atoms with Crippen LogP contribution in [-0.2, 0) is 21.4 Å². The minimum absolute atomic E-state index is 0.238.